The number of amides is 2. The van der Waals surface area contributed by atoms with Gasteiger partial charge in [0.15, 0.2) is 0 Å². The third-order valence-corrected chi connectivity index (χ3v) is 2.83. The van der Waals surface area contributed by atoms with Crippen LogP contribution in [0, 0.1) is 0 Å². The first kappa shape index (κ1) is 13.6. The first-order chi connectivity index (χ1) is 7.59. The molecular formula is C11H18NO5+. The molecule has 1 N–H and O–H groups in total. The number of aliphatic carboxylic acids is 1. The van der Waals surface area contributed by atoms with E-state index in [2.05, 4.69) is 0 Å². The second-order valence-electron chi connectivity index (χ2n) is 5.34. The van der Waals surface area contributed by atoms with Crippen LogP contribution in [-0.4, -0.2) is 46.2 Å². The number of hydrogen-bond acceptors (Lipinski definition) is 4. The largest absolute Gasteiger partial charge is 0.524 e. The number of rotatable bonds is 1. The summed E-state index contributed by atoms with van der Waals surface area (Å²) >= 11 is 0. The summed E-state index contributed by atoms with van der Waals surface area (Å²) < 4.78 is 4.33. The summed E-state index contributed by atoms with van der Waals surface area (Å²) in [6, 6.07) is -1.04. The molecule has 1 aliphatic rings. The molecule has 0 aromatic carbocycles. The molecule has 0 aliphatic carbocycles. The molecule has 0 aromatic heterocycles. The predicted molar refractivity (Wildman–Crippen MR) is 58.1 cm³/mol. The lowest BCUT2D eigenvalue weighted by Crippen LogP contribution is -2.59. The van der Waals surface area contributed by atoms with Gasteiger partial charge in [-0.15, -0.1) is 0 Å². The van der Waals surface area contributed by atoms with Gasteiger partial charge in [-0.25, -0.2) is 9.59 Å². The van der Waals surface area contributed by atoms with E-state index in [-0.39, 0.29) is 12.8 Å². The van der Waals surface area contributed by atoms with Gasteiger partial charge in [-0.05, 0) is 20.8 Å². The van der Waals surface area contributed by atoms with Gasteiger partial charge in [0.1, 0.15) is 5.60 Å². The molecule has 17 heavy (non-hydrogen) atoms. The molecule has 0 bridgehead atoms. The molecule has 96 valence electrons. The van der Waals surface area contributed by atoms with E-state index in [9.17, 15) is 14.4 Å². The van der Waals surface area contributed by atoms with E-state index in [1.54, 1.807) is 20.8 Å². The molecule has 0 spiro atoms. The quantitative estimate of drug-likeness (QED) is 0.699. The van der Waals surface area contributed by atoms with Crippen LogP contribution in [0.3, 0.4) is 0 Å². The lowest BCUT2D eigenvalue weighted by atomic mass is 10.2. The Hall–Kier alpha value is -1.43. The maximum Gasteiger partial charge on any atom is 0.524 e. The molecule has 1 fully saturated rings. The minimum absolute atomic E-state index is 0.0900. The molecule has 1 unspecified atom stereocenters. The number of quaternary nitrogens is 1. The van der Waals surface area contributed by atoms with E-state index in [4.69, 9.17) is 9.84 Å². The zero-order valence-corrected chi connectivity index (χ0v) is 10.5. The SMILES string of the molecule is CC(C)(C)OC(=O)[N+]1(C)C(=O)CC[C@H]1C(=O)O. The number of imide groups is 1. The Morgan fingerprint density at radius 3 is 2.35 bits per heavy atom. The fourth-order valence-corrected chi connectivity index (χ4v) is 1.85. The van der Waals surface area contributed by atoms with Crippen LogP contribution in [0.1, 0.15) is 33.6 Å². The number of carbonyl (C=O) groups excluding carboxylic acids is 2. The van der Waals surface area contributed by atoms with Gasteiger partial charge in [0.2, 0.25) is 6.04 Å². The number of hydrogen-bond donors (Lipinski definition) is 1. The molecule has 6 nitrogen and oxygen atoms in total. The molecule has 2 atom stereocenters. The number of carboxylic acid groups (broad SMARTS) is 1. The van der Waals surface area contributed by atoms with Crippen molar-refractivity contribution in [2.24, 2.45) is 0 Å². The third-order valence-electron chi connectivity index (χ3n) is 2.83. The van der Waals surface area contributed by atoms with Crippen LogP contribution in [0.25, 0.3) is 0 Å². The minimum atomic E-state index is -1.15. The Morgan fingerprint density at radius 2 is 1.94 bits per heavy atom. The Labute approximate surface area is 99.7 Å². The third kappa shape index (κ3) is 2.46. The van der Waals surface area contributed by atoms with Gasteiger partial charge in [-0.1, -0.05) is 0 Å². The Kier molecular flexibility index (Phi) is 3.29. The van der Waals surface area contributed by atoms with Crippen LogP contribution >= 0.6 is 0 Å². The normalized spacial score (nSPS) is 29.2. The van der Waals surface area contributed by atoms with Crippen molar-refractivity contribution in [3.05, 3.63) is 0 Å². The molecule has 0 saturated carbocycles. The highest BCUT2D eigenvalue weighted by Crippen LogP contribution is 2.29. The van der Waals surface area contributed by atoms with Gasteiger partial charge in [-0.2, -0.15) is 9.28 Å². The van der Waals surface area contributed by atoms with Crippen LogP contribution < -0.4 is 0 Å². The maximum atomic E-state index is 12.0. The van der Waals surface area contributed by atoms with Gasteiger partial charge in [-0.3, -0.25) is 0 Å². The monoisotopic (exact) mass is 244 g/mol. The molecule has 6 heteroatoms. The first-order valence-corrected chi connectivity index (χ1v) is 5.45. The fraction of sp³-hybridized carbons (Fsp3) is 0.727. The van der Waals surface area contributed by atoms with Crippen LogP contribution in [0.2, 0.25) is 0 Å². The molecule has 0 radical (unpaired) electrons. The first-order valence-electron chi connectivity index (χ1n) is 5.45. The lowest BCUT2D eigenvalue weighted by Gasteiger charge is -2.30. The van der Waals surface area contributed by atoms with Crippen LogP contribution in [0.5, 0.6) is 0 Å². The van der Waals surface area contributed by atoms with Gasteiger partial charge in [0.25, 0.3) is 0 Å². The molecule has 1 heterocycles. The topological polar surface area (TPSA) is 80.7 Å². The summed E-state index contributed by atoms with van der Waals surface area (Å²) in [5.41, 5.74) is -0.746. The molecule has 2 amide bonds. The highest BCUT2D eigenvalue weighted by atomic mass is 16.6. The fourth-order valence-electron chi connectivity index (χ4n) is 1.85. The van der Waals surface area contributed by atoms with Crippen LogP contribution in [0.15, 0.2) is 0 Å². The summed E-state index contributed by atoms with van der Waals surface area (Å²) in [5, 5.41) is 9.04. The Balaban J connectivity index is 3.01. The summed E-state index contributed by atoms with van der Waals surface area (Å²) in [5.74, 6) is -1.56. The number of likely N-dealkylation sites (tertiary alicyclic amines) is 1. The second kappa shape index (κ2) is 4.10. The summed E-state index contributed by atoms with van der Waals surface area (Å²) in [6.45, 7) is 5.02. The number of nitrogens with zero attached hydrogens (tertiary/aromatic N) is 1. The van der Waals surface area contributed by atoms with Crippen molar-refractivity contribution in [3.63, 3.8) is 0 Å². The van der Waals surface area contributed by atoms with Crippen LogP contribution in [-0.2, 0) is 14.3 Å². The number of likely N-dealkylation sites (N-methyl/N-ethyl adjacent to an activating group) is 1. The van der Waals surface area contributed by atoms with Gasteiger partial charge in [0.05, 0.1) is 13.5 Å². The number of carboxylic acids is 1. The molecular weight excluding hydrogens is 226 g/mol. The molecule has 0 aromatic rings. The molecule has 1 aliphatic heterocycles. The predicted octanol–water partition coefficient (Wildman–Crippen LogP) is 1.14. The minimum Gasteiger partial charge on any atom is -0.477 e. The highest BCUT2D eigenvalue weighted by molar-refractivity contribution is 5.88. The van der Waals surface area contributed by atoms with Gasteiger partial charge >= 0.3 is 18.0 Å². The average Bonchev–Trinajstić information content (AvgIpc) is 2.42. The molecule has 1 rings (SSSR count). The Morgan fingerprint density at radius 1 is 1.41 bits per heavy atom. The van der Waals surface area contributed by atoms with Crippen molar-refractivity contribution in [1.29, 1.82) is 0 Å². The van der Waals surface area contributed by atoms with Crippen molar-refractivity contribution in [3.8, 4) is 0 Å². The van der Waals surface area contributed by atoms with Crippen LogP contribution in [0.4, 0.5) is 4.79 Å². The van der Waals surface area contributed by atoms with E-state index in [0.717, 1.165) is 0 Å². The Bertz CT molecular complexity index is 371. The molecule has 1 saturated heterocycles. The van der Waals surface area contributed by atoms with E-state index in [1.807, 2.05) is 0 Å². The zero-order chi connectivity index (χ0) is 13.4. The lowest BCUT2D eigenvalue weighted by molar-refractivity contribution is -0.771. The van der Waals surface area contributed by atoms with E-state index in [1.165, 1.54) is 7.05 Å². The number of carbonyl (C=O) groups is 3. The second-order valence-corrected chi connectivity index (χ2v) is 5.34. The van der Waals surface area contributed by atoms with Crippen molar-refractivity contribution in [1.82, 2.24) is 0 Å². The average molecular weight is 244 g/mol. The van der Waals surface area contributed by atoms with Gasteiger partial charge in [0, 0.05) is 6.42 Å². The van der Waals surface area contributed by atoms with Crippen molar-refractivity contribution in [2.45, 2.75) is 45.3 Å². The maximum absolute atomic E-state index is 12.0. The van der Waals surface area contributed by atoms with E-state index in [0.29, 0.717) is 0 Å². The van der Waals surface area contributed by atoms with E-state index >= 15 is 0 Å². The zero-order valence-electron chi connectivity index (χ0n) is 10.5. The smallest absolute Gasteiger partial charge is 0.477 e. The van der Waals surface area contributed by atoms with Crippen molar-refractivity contribution >= 4 is 18.0 Å². The van der Waals surface area contributed by atoms with E-state index < -0.39 is 34.1 Å². The van der Waals surface area contributed by atoms with Crippen molar-refractivity contribution < 1.29 is 28.7 Å². The highest BCUT2D eigenvalue weighted by Gasteiger charge is 2.57. The standard InChI is InChI=1S/C11H17NO5/c1-11(2,3)17-10(16)12(4)7(9(14)15)5-6-8(12)13/h7H,5-6H2,1-4H3/p+1/t7-,12?/m0/s1. The van der Waals surface area contributed by atoms with Gasteiger partial charge < -0.3 is 9.84 Å². The number of ether oxygens (including phenoxy) is 1. The summed E-state index contributed by atoms with van der Waals surface area (Å²) in [6.07, 6.45) is -0.538. The van der Waals surface area contributed by atoms with Crippen molar-refractivity contribution in [2.75, 3.05) is 7.05 Å². The summed E-state index contributed by atoms with van der Waals surface area (Å²) in [4.78, 5) is 34.8. The summed E-state index contributed by atoms with van der Waals surface area (Å²) in [7, 11) is 1.31.